The van der Waals surface area contributed by atoms with Crippen LogP contribution in [-0.2, 0) is 29.5 Å². The number of Topliss-reactive ketones (excluding diaryl/α,β-unsaturated/α-hetero) is 1. The Labute approximate surface area is 172 Å². The number of aromatic hydroxyl groups is 2. The van der Waals surface area contributed by atoms with Crippen LogP contribution in [0.15, 0.2) is 35.9 Å². The van der Waals surface area contributed by atoms with Crippen LogP contribution in [0.3, 0.4) is 0 Å². The molecule has 0 amide bonds. The van der Waals surface area contributed by atoms with Crippen LogP contribution in [0.2, 0.25) is 0 Å². The lowest BCUT2D eigenvalue weighted by Crippen LogP contribution is -2.57. The molecule has 1 aromatic rings. The molecule has 0 aliphatic heterocycles. The minimum Gasteiger partial charge on any atom is -0.504 e. The number of allylic oxidation sites excluding steroid dienone is 2. The summed E-state index contributed by atoms with van der Waals surface area (Å²) in [5, 5.41) is 31.3. The second-order valence-corrected chi connectivity index (χ2v) is 7.62. The molecule has 30 heavy (non-hydrogen) atoms. The van der Waals surface area contributed by atoms with Crippen molar-refractivity contribution in [1.29, 1.82) is 0 Å². The molecule has 4 aliphatic carbocycles. The monoisotopic (exact) mass is 414 g/mol. The van der Waals surface area contributed by atoms with Crippen molar-refractivity contribution in [1.82, 2.24) is 0 Å². The minimum absolute atomic E-state index is 0.114. The fourth-order valence-corrected chi connectivity index (χ4v) is 5.08. The van der Waals surface area contributed by atoms with Crippen molar-refractivity contribution >= 4 is 17.7 Å². The molecule has 5 unspecified atom stereocenters. The van der Waals surface area contributed by atoms with Crippen LogP contribution in [0.1, 0.15) is 30.9 Å². The summed E-state index contributed by atoms with van der Waals surface area (Å²) >= 11 is 0. The molecule has 0 radical (unpaired) electrons. The second kappa shape index (κ2) is 6.98. The van der Waals surface area contributed by atoms with Crippen LogP contribution in [0.5, 0.6) is 11.5 Å². The number of benzene rings is 1. The molecule has 1 fully saturated rings. The van der Waals surface area contributed by atoms with Crippen LogP contribution in [0.4, 0.5) is 0 Å². The summed E-state index contributed by atoms with van der Waals surface area (Å²) in [4.78, 5) is 38.0. The summed E-state index contributed by atoms with van der Waals surface area (Å²) in [5.41, 5.74) is -0.894. The highest BCUT2D eigenvalue weighted by atomic mass is 16.5. The van der Waals surface area contributed by atoms with Crippen molar-refractivity contribution in [2.75, 3.05) is 13.2 Å². The zero-order valence-electron chi connectivity index (χ0n) is 16.5. The Balaban J connectivity index is 1.87. The SMILES string of the molecule is CCOC(=O)/C=C/C1=CC2C3c4cc(O)c(O)cc4C2(O)C(=O)C1C3C(=O)OCC. The number of fused-ring (bicyclic) bond motifs is 1. The van der Waals surface area contributed by atoms with Crippen LogP contribution < -0.4 is 0 Å². The van der Waals surface area contributed by atoms with Gasteiger partial charge in [-0.25, -0.2) is 4.79 Å². The maximum Gasteiger partial charge on any atom is 0.330 e. The molecule has 0 heterocycles. The van der Waals surface area contributed by atoms with E-state index in [0.717, 1.165) is 0 Å². The molecular formula is C22H22O8. The van der Waals surface area contributed by atoms with Crippen LogP contribution in [0.25, 0.3) is 0 Å². The number of phenolic OH excluding ortho intramolecular Hbond substituents is 2. The van der Waals surface area contributed by atoms with Crippen molar-refractivity contribution in [2.24, 2.45) is 17.8 Å². The molecule has 158 valence electrons. The van der Waals surface area contributed by atoms with E-state index >= 15 is 0 Å². The van der Waals surface area contributed by atoms with Crippen LogP contribution in [0, 0.1) is 17.8 Å². The predicted molar refractivity (Wildman–Crippen MR) is 102 cm³/mol. The largest absolute Gasteiger partial charge is 0.504 e. The number of hydrogen-bond acceptors (Lipinski definition) is 8. The van der Waals surface area contributed by atoms with E-state index in [1.165, 1.54) is 24.3 Å². The lowest BCUT2D eigenvalue weighted by Gasteiger charge is -2.47. The molecule has 4 bridgehead atoms. The Bertz CT molecular complexity index is 1010. The first-order valence-electron chi connectivity index (χ1n) is 9.81. The zero-order valence-corrected chi connectivity index (χ0v) is 16.5. The molecule has 8 heteroatoms. The number of esters is 2. The van der Waals surface area contributed by atoms with Gasteiger partial charge in [-0.15, -0.1) is 0 Å². The quantitative estimate of drug-likeness (QED) is 0.375. The average molecular weight is 414 g/mol. The molecule has 1 saturated carbocycles. The number of ketones is 1. The van der Waals surface area contributed by atoms with Gasteiger partial charge >= 0.3 is 11.9 Å². The first-order chi connectivity index (χ1) is 14.2. The van der Waals surface area contributed by atoms with Gasteiger partial charge in [0, 0.05) is 17.9 Å². The van der Waals surface area contributed by atoms with E-state index in [2.05, 4.69) is 0 Å². The topological polar surface area (TPSA) is 130 Å². The van der Waals surface area contributed by atoms with Crippen molar-refractivity contribution in [2.45, 2.75) is 25.4 Å². The Morgan fingerprint density at radius 1 is 1.13 bits per heavy atom. The molecule has 3 N–H and O–H groups in total. The lowest BCUT2D eigenvalue weighted by atomic mass is 9.55. The van der Waals surface area contributed by atoms with Gasteiger partial charge in [0.2, 0.25) is 0 Å². The van der Waals surface area contributed by atoms with E-state index in [0.29, 0.717) is 11.1 Å². The van der Waals surface area contributed by atoms with Crippen LogP contribution in [-0.4, -0.2) is 46.3 Å². The third-order valence-electron chi connectivity index (χ3n) is 6.18. The Morgan fingerprint density at radius 2 is 1.80 bits per heavy atom. The molecule has 1 aromatic carbocycles. The highest BCUT2D eigenvalue weighted by Gasteiger charge is 2.69. The van der Waals surface area contributed by atoms with Crippen molar-refractivity contribution < 1.29 is 39.2 Å². The van der Waals surface area contributed by atoms with E-state index in [1.54, 1.807) is 19.9 Å². The maximum absolute atomic E-state index is 13.4. The van der Waals surface area contributed by atoms with Gasteiger partial charge in [-0.05, 0) is 42.7 Å². The smallest absolute Gasteiger partial charge is 0.330 e. The first-order valence-corrected chi connectivity index (χ1v) is 9.81. The Kier molecular flexibility index (Phi) is 4.69. The van der Waals surface area contributed by atoms with Crippen molar-refractivity contribution in [3.8, 4) is 11.5 Å². The summed E-state index contributed by atoms with van der Waals surface area (Å²) in [6, 6.07) is 2.46. The zero-order chi connectivity index (χ0) is 21.8. The third kappa shape index (κ3) is 2.60. The number of hydrogen-bond donors (Lipinski definition) is 3. The summed E-state index contributed by atoms with van der Waals surface area (Å²) in [5.74, 6) is -6.02. The summed E-state index contributed by atoms with van der Waals surface area (Å²) in [6.07, 6.45) is 4.29. The van der Waals surface area contributed by atoms with E-state index in [-0.39, 0.29) is 18.8 Å². The fourth-order valence-electron chi connectivity index (χ4n) is 5.08. The van der Waals surface area contributed by atoms with Gasteiger partial charge in [0.25, 0.3) is 0 Å². The molecular weight excluding hydrogens is 392 g/mol. The van der Waals surface area contributed by atoms with E-state index < -0.39 is 58.5 Å². The van der Waals surface area contributed by atoms with Crippen molar-refractivity contribution in [3.63, 3.8) is 0 Å². The van der Waals surface area contributed by atoms with E-state index in [1.807, 2.05) is 0 Å². The van der Waals surface area contributed by atoms with Gasteiger partial charge in [-0.3, -0.25) is 9.59 Å². The number of rotatable bonds is 5. The third-order valence-corrected chi connectivity index (χ3v) is 6.18. The maximum atomic E-state index is 13.4. The lowest BCUT2D eigenvalue weighted by molar-refractivity contribution is -0.168. The molecule has 5 atom stereocenters. The number of aliphatic hydroxyl groups is 1. The number of carbonyl (C=O) groups is 3. The number of carbonyl (C=O) groups excluding carboxylic acids is 3. The van der Waals surface area contributed by atoms with Gasteiger partial charge in [0.05, 0.1) is 25.0 Å². The molecule has 5 rings (SSSR count). The number of ether oxygens (including phenoxy) is 2. The normalized spacial score (nSPS) is 30.9. The van der Waals surface area contributed by atoms with Gasteiger partial charge in [0.1, 0.15) is 0 Å². The minimum atomic E-state index is -1.93. The first kappa shape index (κ1) is 20.2. The van der Waals surface area contributed by atoms with Crippen molar-refractivity contribution in [3.05, 3.63) is 47.1 Å². The van der Waals surface area contributed by atoms with Gasteiger partial charge in [-0.2, -0.15) is 0 Å². The van der Waals surface area contributed by atoms with E-state index in [9.17, 15) is 29.7 Å². The van der Waals surface area contributed by atoms with Gasteiger partial charge in [0.15, 0.2) is 22.9 Å². The Morgan fingerprint density at radius 3 is 2.47 bits per heavy atom. The van der Waals surface area contributed by atoms with Crippen LogP contribution >= 0.6 is 0 Å². The highest BCUT2D eigenvalue weighted by Crippen LogP contribution is 2.65. The molecule has 4 aliphatic rings. The molecule has 0 aromatic heterocycles. The Hall–Kier alpha value is -3.13. The summed E-state index contributed by atoms with van der Waals surface area (Å²) < 4.78 is 10.1. The van der Waals surface area contributed by atoms with Gasteiger partial charge < -0.3 is 24.8 Å². The standard InChI is InChI=1S/C22H22O8/c1-3-29-16(25)6-5-10-7-13-18-11-8-14(23)15(24)9-12(11)22(13,28)20(26)17(10)19(18)21(27)30-4-2/h5-9,13,17-19,23-24,28H,3-4H2,1-2H3/b6-5+. The summed E-state index contributed by atoms with van der Waals surface area (Å²) in [6.45, 7) is 3.64. The molecule has 0 spiro atoms. The summed E-state index contributed by atoms with van der Waals surface area (Å²) in [7, 11) is 0. The molecule has 8 nitrogen and oxygen atoms in total. The fraction of sp³-hybridized carbons (Fsp3) is 0.409. The van der Waals surface area contributed by atoms with Gasteiger partial charge in [-0.1, -0.05) is 12.2 Å². The second-order valence-electron chi connectivity index (χ2n) is 7.62. The average Bonchev–Trinajstić information content (AvgIpc) is 2.91. The van der Waals surface area contributed by atoms with E-state index in [4.69, 9.17) is 9.47 Å². The predicted octanol–water partition coefficient (Wildman–Crippen LogP) is 1.44. The number of phenols is 2. The molecule has 0 saturated heterocycles. The highest BCUT2D eigenvalue weighted by molar-refractivity contribution is 6.02.